The van der Waals surface area contributed by atoms with Gasteiger partial charge in [0.2, 0.25) is 5.91 Å². The molecule has 24 heavy (non-hydrogen) atoms. The second kappa shape index (κ2) is 8.08. The number of ether oxygens (including phenoxy) is 2. The number of benzene rings is 2. The van der Waals surface area contributed by atoms with Crippen LogP contribution in [0.5, 0.6) is 11.5 Å². The van der Waals surface area contributed by atoms with Gasteiger partial charge in [-0.2, -0.15) is 0 Å². The molecule has 2 rings (SSSR count). The van der Waals surface area contributed by atoms with Crippen molar-refractivity contribution < 1.29 is 18.7 Å². The van der Waals surface area contributed by atoms with Gasteiger partial charge < -0.3 is 20.1 Å². The Morgan fingerprint density at radius 1 is 1.04 bits per heavy atom. The average Bonchev–Trinajstić information content (AvgIpc) is 2.55. The Hall–Kier alpha value is -2.18. The van der Waals surface area contributed by atoms with Crippen LogP contribution in [0.1, 0.15) is 0 Å². The minimum atomic E-state index is -0.451. The van der Waals surface area contributed by atoms with Crippen molar-refractivity contribution in [3.63, 3.8) is 0 Å². The average molecular weight is 373 g/mol. The number of rotatable bonds is 6. The monoisotopic (exact) mass is 372 g/mol. The minimum absolute atomic E-state index is 0.0700. The molecule has 0 bridgehead atoms. The number of anilines is 2. The Balaban J connectivity index is 2.06. The molecular formula is C16H15Cl2FN2O3. The summed E-state index contributed by atoms with van der Waals surface area (Å²) in [5, 5.41) is 6.06. The van der Waals surface area contributed by atoms with Crippen LogP contribution in [0.3, 0.4) is 0 Å². The highest BCUT2D eigenvalue weighted by molar-refractivity contribution is 6.33. The lowest BCUT2D eigenvalue weighted by atomic mass is 10.2. The predicted molar refractivity (Wildman–Crippen MR) is 93.1 cm³/mol. The molecule has 0 unspecified atom stereocenters. The third kappa shape index (κ3) is 4.43. The molecule has 0 heterocycles. The van der Waals surface area contributed by atoms with Gasteiger partial charge in [-0.05, 0) is 18.2 Å². The van der Waals surface area contributed by atoms with E-state index in [0.717, 1.165) is 6.07 Å². The highest BCUT2D eigenvalue weighted by Crippen LogP contribution is 2.35. The normalized spacial score (nSPS) is 10.2. The Morgan fingerprint density at radius 2 is 1.75 bits per heavy atom. The zero-order valence-electron chi connectivity index (χ0n) is 13.0. The lowest BCUT2D eigenvalue weighted by molar-refractivity contribution is -0.114. The summed E-state index contributed by atoms with van der Waals surface area (Å²) in [6, 6.07) is 6.97. The highest BCUT2D eigenvalue weighted by atomic mass is 35.5. The lowest BCUT2D eigenvalue weighted by Crippen LogP contribution is -2.22. The van der Waals surface area contributed by atoms with Crippen LogP contribution in [0, 0.1) is 5.82 Å². The standard InChI is InChI=1S/C16H15Cl2FN2O3/c1-23-14-7-13(15(24-2)6-11(14)18)21-16(22)8-20-12-4-3-9(19)5-10(12)17/h3-7,20H,8H2,1-2H3,(H,21,22). The van der Waals surface area contributed by atoms with Gasteiger partial charge in [-0.3, -0.25) is 4.79 Å². The van der Waals surface area contributed by atoms with Crippen molar-refractivity contribution in [1.29, 1.82) is 0 Å². The first-order valence-electron chi connectivity index (χ1n) is 6.85. The molecule has 0 fully saturated rings. The van der Waals surface area contributed by atoms with E-state index in [1.165, 1.54) is 26.4 Å². The van der Waals surface area contributed by atoms with Crippen molar-refractivity contribution in [2.24, 2.45) is 0 Å². The second-order valence-electron chi connectivity index (χ2n) is 4.71. The summed E-state index contributed by atoms with van der Waals surface area (Å²) in [6.07, 6.45) is 0. The number of hydrogen-bond acceptors (Lipinski definition) is 4. The molecular weight excluding hydrogens is 358 g/mol. The quantitative estimate of drug-likeness (QED) is 0.797. The van der Waals surface area contributed by atoms with E-state index in [4.69, 9.17) is 32.7 Å². The van der Waals surface area contributed by atoms with Crippen molar-refractivity contribution in [2.75, 3.05) is 31.4 Å². The Bertz CT molecular complexity index is 756. The van der Waals surface area contributed by atoms with Gasteiger partial charge in [0.15, 0.2) is 0 Å². The van der Waals surface area contributed by atoms with E-state index in [0.29, 0.717) is 27.9 Å². The maximum atomic E-state index is 13.0. The smallest absolute Gasteiger partial charge is 0.243 e. The van der Waals surface area contributed by atoms with Gasteiger partial charge in [-0.1, -0.05) is 23.2 Å². The molecule has 0 atom stereocenters. The third-order valence-corrected chi connectivity index (χ3v) is 3.73. The molecule has 8 heteroatoms. The van der Waals surface area contributed by atoms with E-state index in [1.807, 2.05) is 0 Å². The molecule has 2 aromatic rings. The van der Waals surface area contributed by atoms with E-state index in [2.05, 4.69) is 10.6 Å². The van der Waals surface area contributed by atoms with Crippen LogP contribution in [0.4, 0.5) is 15.8 Å². The maximum absolute atomic E-state index is 13.0. The fourth-order valence-corrected chi connectivity index (χ4v) is 2.43. The number of carbonyl (C=O) groups excluding carboxylic acids is 1. The zero-order chi connectivity index (χ0) is 17.7. The molecule has 0 aromatic heterocycles. The Kier molecular flexibility index (Phi) is 6.11. The summed E-state index contributed by atoms with van der Waals surface area (Å²) in [4.78, 5) is 12.1. The highest BCUT2D eigenvalue weighted by Gasteiger charge is 2.13. The van der Waals surface area contributed by atoms with Crippen molar-refractivity contribution in [3.05, 3.63) is 46.2 Å². The van der Waals surface area contributed by atoms with Crippen LogP contribution >= 0.6 is 23.2 Å². The molecule has 0 radical (unpaired) electrons. The summed E-state index contributed by atoms with van der Waals surface area (Å²) in [5.74, 6) is 0.00216. The first-order chi connectivity index (χ1) is 11.4. The van der Waals surface area contributed by atoms with Crippen molar-refractivity contribution >= 4 is 40.5 Å². The molecule has 128 valence electrons. The van der Waals surface area contributed by atoms with E-state index in [1.54, 1.807) is 12.1 Å². The number of amides is 1. The van der Waals surface area contributed by atoms with Gasteiger partial charge in [-0.25, -0.2) is 4.39 Å². The summed E-state index contributed by atoms with van der Waals surface area (Å²) in [6.45, 7) is -0.0700. The predicted octanol–water partition coefficient (Wildman–Crippen LogP) is 4.20. The SMILES string of the molecule is COc1cc(NC(=O)CNc2ccc(F)cc2Cl)c(OC)cc1Cl. The van der Waals surface area contributed by atoms with Crippen LogP contribution in [0.2, 0.25) is 10.0 Å². The minimum Gasteiger partial charge on any atom is -0.495 e. The molecule has 1 amide bonds. The van der Waals surface area contributed by atoms with Crippen molar-refractivity contribution in [2.45, 2.75) is 0 Å². The molecule has 0 aliphatic rings. The molecule has 2 N–H and O–H groups in total. The molecule has 0 saturated heterocycles. The van der Waals surface area contributed by atoms with Crippen LogP contribution < -0.4 is 20.1 Å². The van der Waals surface area contributed by atoms with Crippen molar-refractivity contribution in [3.8, 4) is 11.5 Å². The van der Waals surface area contributed by atoms with Crippen molar-refractivity contribution in [1.82, 2.24) is 0 Å². The van der Waals surface area contributed by atoms with Gasteiger partial charge in [-0.15, -0.1) is 0 Å². The Labute approximate surface area is 148 Å². The Morgan fingerprint density at radius 3 is 2.38 bits per heavy atom. The van der Waals surface area contributed by atoms with Crippen LogP contribution in [0.25, 0.3) is 0 Å². The largest absolute Gasteiger partial charge is 0.495 e. The van der Waals surface area contributed by atoms with Gasteiger partial charge in [0.05, 0.1) is 42.2 Å². The van der Waals surface area contributed by atoms with Gasteiger partial charge in [0, 0.05) is 12.1 Å². The molecule has 5 nitrogen and oxygen atoms in total. The first kappa shape index (κ1) is 18.2. The lowest BCUT2D eigenvalue weighted by Gasteiger charge is -2.14. The number of nitrogens with one attached hydrogen (secondary N) is 2. The number of hydrogen-bond donors (Lipinski definition) is 2. The second-order valence-corrected chi connectivity index (χ2v) is 5.53. The molecule has 0 aliphatic heterocycles. The van der Waals surface area contributed by atoms with Crippen LogP contribution in [-0.2, 0) is 4.79 Å². The number of carbonyl (C=O) groups is 1. The molecule has 0 aliphatic carbocycles. The summed E-state index contributed by atoms with van der Waals surface area (Å²) < 4.78 is 23.3. The van der Waals surface area contributed by atoms with Gasteiger partial charge in [0.25, 0.3) is 0 Å². The summed E-state index contributed by atoms with van der Waals surface area (Å²) in [7, 11) is 2.93. The van der Waals surface area contributed by atoms with Crippen LogP contribution in [-0.4, -0.2) is 26.7 Å². The molecule has 2 aromatic carbocycles. The van der Waals surface area contributed by atoms with Gasteiger partial charge >= 0.3 is 0 Å². The number of halogens is 3. The summed E-state index contributed by atoms with van der Waals surface area (Å²) >= 11 is 11.9. The zero-order valence-corrected chi connectivity index (χ0v) is 14.5. The third-order valence-electron chi connectivity index (χ3n) is 3.12. The summed E-state index contributed by atoms with van der Waals surface area (Å²) in [5.41, 5.74) is 0.865. The topological polar surface area (TPSA) is 59.6 Å². The first-order valence-corrected chi connectivity index (χ1v) is 7.60. The fraction of sp³-hybridized carbons (Fsp3) is 0.188. The van der Waals surface area contributed by atoms with E-state index < -0.39 is 5.82 Å². The van der Waals surface area contributed by atoms with Crippen LogP contribution in [0.15, 0.2) is 30.3 Å². The maximum Gasteiger partial charge on any atom is 0.243 e. The van der Waals surface area contributed by atoms with Gasteiger partial charge in [0.1, 0.15) is 17.3 Å². The molecule has 0 spiro atoms. The van der Waals surface area contributed by atoms with E-state index in [9.17, 15) is 9.18 Å². The van der Waals surface area contributed by atoms with E-state index >= 15 is 0 Å². The van der Waals surface area contributed by atoms with E-state index in [-0.39, 0.29) is 17.5 Å². The fourth-order valence-electron chi connectivity index (χ4n) is 1.96. The molecule has 0 saturated carbocycles. The number of methoxy groups -OCH3 is 2.